The number of carbonyl (C=O) groups is 2. The highest BCUT2D eigenvalue weighted by molar-refractivity contribution is 7.08. The molecule has 2 aromatic rings. The summed E-state index contributed by atoms with van der Waals surface area (Å²) in [7, 11) is 0. The van der Waals surface area contributed by atoms with E-state index in [4.69, 9.17) is 0 Å². The monoisotopic (exact) mass is 318 g/mol. The zero-order valence-corrected chi connectivity index (χ0v) is 13.3. The predicted octanol–water partition coefficient (Wildman–Crippen LogP) is 1.54. The van der Waals surface area contributed by atoms with Gasteiger partial charge in [-0.2, -0.15) is 0 Å². The van der Waals surface area contributed by atoms with Crippen LogP contribution in [0.15, 0.2) is 30.3 Å². The SMILES string of the molecule is CCc1nnsc1C(=O)NC(C)C(=O)NCc1ccccc1. The van der Waals surface area contributed by atoms with Crippen LogP contribution >= 0.6 is 11.5 Å². The average Bonchev–Trinajstić information content (AvgIpc) is 3.02. The van der Waals surface area contributed by atoms with Gasteiger partial charge in [0.25, 0.3) is 5.91 Å². The molecule has 0 radical (unpaired) electrons. The van der Waals surface area contributed by atoms with Gasteiger partial charge in [-0.15, -0.1) is 5.10 Å². The van der Waals surface area contributed by atoms with Crippen molar-refractivity contribution in [3.63, 3.8) is 0 Å². The number of amides is 2. The molecule has 2 rings (SSSR count). The Morgan fingerprint density at radius 2 is 2.00 bits per heavy atom. The summed E-state index contributed by atoms with van der Waals surface area (Å²) in [5.41, 5.74) is 1.66. The predicted molar refractivity (Wildman–Crippen MR) is 84.5 cm³/mol. The van der Waals surface area contributed by atoms with Crippen molar-refractivity contribution in [3.8, 4) is 0 Å². The number of aromatic nitrogens is 2. The fourth-order valence-electron chi connectivity index (χ4n) is 1.88. The maximum absolute atomic E-state index is 12.1. The van der Waals surface area contributed by atoms with E-state index in [1.807, 2.05) is 37.3 Å². The second kappa shape index (κ2) is 7.65. The molecule has 0 saturated carbocycles. The lowest BCUT2D eigenvalue weighted by atomic mass is 10.2. The first-order chi connectivity index (χ1) is 10.6. The fraction of sp³-hybridized carbons (Fsp3) is 0.333. The standard InChI is InChI=1S/C15H18N4O2S/c1-3-12-13(22-19-18-12)15(21)17-10(2)14(20)16-9-11-7-5-4-6-8-11/h4-8,10H,3,9H2,1-2H3,(H,16,20)(H,17,21). The Bertz CT molecular complexity index is 642. The molecule has 0 bridgehead atoms. The average molecular weight is 318 g/mol. The Kier molecular flexibility index (Phi) is 5.60. The molecule has 1 unspecified atom stereocenters. The number of nitrogens with zero attached hydrogens (tertiary/aromatic N) is 2. The molecule has 116 valence electrons. The van der Waals surface area contributed by atoms with Crippen molar-refractivity contribution in [3.05, 3.63) is 46.5 Å². The van der Waals surface area contributed by atoms with Crippen molar-refractivity contribution in [2.24, 2.45) is 0 Å². The molecule has 6 nitrogen and oxygen atoms in total. The van der Waals surface area contributed by atoms with Crippen molar-refractivity contribution in [1.29, 1.82) is 0 Å². The molecule has 22 heavy (non-hydrogen) atoms. The fourth-order valence-corrected chi connectivity index (χ4v) is 2.53. The first kappa shape index (κ1) is 16.1. The molecule has 0 saturated heterocycles. The first-order valence-corrected chi connectivity index (χ1v) is 7.83. The minimum atomic E-state index is -0.622. The van der Waals surface area contributed by atoms with Crippen LogP contribution in [0.3, 0.4) is 0 Å². The van der Waals surface area contributed by atoms with Crippen LogP contribution in [0.5, 0.6) is 0 Å². The third-order valence-electron chi connectivity index (χ3n) is 3.15. The molecule has 0 fully saturated rings. The van der Waals surface area contributed by atoms with Crippen molar-refractivity contribution in [2.45, 2.75) is 32.9 Å². The molecule has 1 aromatic carbocycles. The van der Waals surface area contributed by atoms with E-state index in [9.17, 15) is 9.59 Å². The number of rotatable bonds is 6. The largest absolute Gasteiger partial charge is 0.350 e. The van der Waals surface area contributed by atoms with E-state index in [1.165, 1.54) is 0 Å². The number of benzene rings is 1. The second-order valence-electron chi connectivity index (χ2n) is 4.80. The van der Waals surface area contributed by atoms with Crippen LogP contribution in [0.4, 0.5) is 0 Å². The summed E-state index contributed by atoms with van der Waals surface area (Å²) in [4.78, 5) is 24.6. The molecule has 1 atom stereocenters. The molecule has 7 heteroatoms. The number of hydrogen-bond donors (Lipinski definition) is 2. The molecule has 1 aromatic heterocycles. The summed E-state index contributed by atoms with van der Waals surface area (Å²) >= 11 is 1.04. The van der Waals surface area contributed by atoms with Gasteiger partial charge in [0.05, 0.1) is 5.69 Å². The summed E-state index contributed by atoms with van der Waals surface area (Å²) < 4.78 is 3.77. The number of aryl methyl sites for hydroxylation is 1. The van der Waals surface area contributed by atoms with Crippen LogP contribution in [-0.2, 0) is 17.8 Å². The smallest absolute Gasteiger partial charge is 0.265 e. The van der Waals surface area contributed by atoms with Gasteiger partial charge < -0.3 is 10.6 Å². The summed E-state index contributed by atoms with van der Waals surface area (Å²) in [6.45, 7) is 3.99. The molecule has 0 aliphatic rings. The molecular weight excluding hydrogens is 300 g/mol. The van der Waals surface area contributed by atoms with Crippen LogP contribution in [0.25, 0.3) is 0 Å². The van der Waals surface area contributed by atoms with Gasteiger partial charge in [0, 0.05) is 6.54 Å². The third-order valence-corrected chi connectivity index (χ3v) is 3.91. The van der Waals surface area contributed by atoms with Crippen LogP contribution < -0.4 is 10.6 Å². The Balaban J connectivity index is 1.87. The molecule has 2 N–H and O–H groups in total. The van der Waals surface area contributed by atoms with Gasteiger partial charge in [0.2, 0.25) is 5.91 Å². The maximum Gasteiger partial charge on any atom is 0.265 e. The van der Waals surface area contributed by atoms with Crippen LogP contribution in [0.2, 0.25) is 0 Å². The topological polar surface area (TPSA) is 84.0 Å². The quantitative estimate of drug-likeness (QED) is 0.846. The van der Waals surface area contributed by atoms with Gasteiger partial charge in [-0.3, -0.25) is 9.59 Å². The van der Waals surface area contributed by atoms with Gasteiger partial charge in [-0.25, -0.2) is 0 Å². The highest BCUT2D eigenvalue weighted by Crippen LogP contribution is 2.11. The van der Waals surface area contributed by atoms with Crippen molar-refractivity contribution >= 4 is 23.3 Å². The van der Waals surface area contributed by atoms with Gasteiger partial charge in [0.15, 0.2) is 0 Å². The Hall–Kier alpha value is -2.28. The van der Waals surface area contributed by atoms with E-state index in [0.29, 0.717) is 23.5 Å². The van der Waals surface area contributed by atoms with Gasteiger partial charge >= 0.3 is 0 Å². The second-order valence-corrected chi connectivity index (χ2v) is 5.55. The van der Waals surface area contributed by atoms with Gasteiger partial charge in [-0.1, -0.05) is 41.7 Å². The van der Waals surface area contributed by atoms with E-state index in [0.717, 1.165) is 17.1 Å². The Morgan fingerprint density at radius 3 is 2.68 bits per heavy atom. The summed E-state index contributed by atoms with van der Waals surface area (Å²) in [5.74, 6) is -0.540. The lowest BCUT2D eigenvalue weighted by molar-refractivity contribution is -0.122. The Morgan fingerprint density at radius 1 is 1.27 bits per heavy atom. The molecule has 2 amide bonds. The summed E-state index contributed by atoms with van der Waals surface area (Å²) in [5, 5.41) is 9.36. The highest BCUT2D eigenvalue weighted by Gasteiger charge is 2.20. The van der Waals surface area contributed by atoms with E-state index < -0.39 is 6.04 Å². The summed E-state index contributed by atoms with van der Waals surface area (Å²) in [6.07, 6.45) is 0.633. The maximum atomic E-state index is 12.1. The number of nitrogens with one attached hydrogen (secondary N) is 2. The van der Waals surface area contributed by atoms with Gasteiger partial charge in [-0.05, 0) is 30.4 Å². The van der Waals surface area contributed by atoms with E-state index in [-0.39, 0.29) is 11.8 Å². The van der Waals surface area contributed by atoms with E-state index in [1.54, 1.807) is 6.92 Å². The molecule has 0 aliphatic heterocycles. The van der Waals surface area contributed by atoms with E-state index in [2.05, 4.69) is 20.2 Å². The molecule has 1 heterocycles. The lowest BCUT2D eigenvalue weighted by Gasteiger charge is -2.13. The van der Waals surface area contributed by atoms with Gasteiger partial charge in [0.1, 0.15) is 10.9 Å². The van der Waals surface area contributed by atoms with Crippen molar-refractivity contribution in [2.75, 3.05) is 0 Å². The third kappa shape index (κ3) is 4.11. The van der Waals surface area contributed by atoms with Crippen LogP contribution in [0.1, 0.15) is 34.8 Å². The Labute approximate surface area is 133 Å². The van der Waals surface area contributed by atoms with Crippen molar-refractivity contribution in [1.82, 2.24) is 20.2 Å². The molecule has 0 spiro atoms. The normalized spacial score (nSPS) is 11.7. The number of hydrogen-bond acceptors (Lipinski definition) is 5. The zero-order valence-electron chi connectivity index (χ0n) is 12.5. The number of carbonyl (C=O) groups excluding carboxylic acids is 2. The summed E-state index contributed by atoms with van der Waals surface area (Å²) in [6, 6.07) is 8.98. The molecular formula is C15H18N4O2S. The van der Waals surface area contributed by atoms with E-state index >= 15 is 0 Å². The van der Waals surface area contributed by atoms with Crippen LogP contribution in [0, 0.1) is 0 Å². The minimum Gasteiger partial charge on any atom is -0.350 e. The lowest BCUT2D eigenvalue weighted by Crippen LogP contribution is -2.44. The highest BCUT2D eigenvalue weighted by atomic mass is 32.1. The minimum absolute atomic E-state index is 0.229. The first-order valence-electron chi connectivity index (χ1n) is 7.05. The van der Waals surface area contributed by atoms with Crippen molar-refractivity contribution < 1.29 is 9.59 Å². The molecule has 0 aliphatic carbocycles. The van der Waals surface area contributed by atoms with Crippen LogP contribution in [-0.4, -0.2) is 27.4 Å². The zero-order chi connectivity index (χ0) is 15.9.